The van der Waals surface area contributed by atoms with Crippen LogP contribution in [-0.4, -0.2) is 11.7 Å². The van der Waals surface area contributed by atoms with Crippen LogP contribution >= 0.6 is 11.8 Å². The molecule has 0 aromatic heterocycles. The Morgan fingerprint density at radius 1 is 1.00 bits per heavy atom. The van der Waals surface area contributed by atoms with Gasteiger partial charge in [0.2, 0.25) is 5.91 Å². The summed E-state index contributed by atoms with van der Waals surface area (Å²) >= 11 is 0.947. The lowest BCUT2D eigenvalue weighted by molar-refractivity contribution is -0.143. The highest BCUT2D eigenvalue weighted by Crippen LogP contribution is 2.40. The zero-order valence-electron chi connectivity index (χ0n) is 9.60. The van der Waals surface area contributed by atoms with Gasteiger partial charge in [0.05, 0.1) is 16.9 Å². The number of halogens is 6. The van der Waals surface area contributed by atoms with E-state index in [4.69, 9.17) is 0 Å². The Morgan fingerprint density at radius 2 is 1.50 bits per heavy atom. The summed E-state index contributed by atoms with van der Waals surface area (Å²) in [4.78, 5) is 11.0. The number of hydrogen-bond acceptors (Lipinski definition) is 2. The highest BCUT2D eigenvalue weighted by atomic mass is 32.2. The fourth-order valence-electron chi connectivity index (χ4n) is 1.70. The number of carbonyl (C=O) groups is 1. The molecule has 0 radical (unpaired) electrons. The molecule has 0 saturated carbocycles. The Bertz CT molecular complexity index is 506. The smallest absolute Gasteiger partial charge is 0.339 e. The first-order chi connectivity index (χ1) is 9.07. The zero-order valence-corrected chi connectivity index (χ0v) is 10.4. The highest BCUT2D eigenvalue weighted by molar-refractivity contribution is 8.00. The van der Waals surface area contributed by atoms with Crippen molar-refractivity contribution >= 4 is 17.7 Å². The highest BCUT2D eigenvalue weighted by Gasteiger charge is 2.38. The second kappa shape index (κ2) is 4.87. The van der Waals surface area contributed by atoms with E-state index in [2.05, 4.69) is 5.32 Å². The summed E-state index contributed by atoms with van der Waals surface area (Å²) in [6.45, 7) is 0. The zero-order chi connectivity index (χ0) is 15.1. The maximum Gasteiger partial charge on any atom is 0.416 e. The standard InChI is InChI=1S/C11H7F6NOS/c12-10(13,14)6-1-5(9-18-8(19)4-20-9)2-7(3-6)11(15,16)17/h1-3,9H,4H2,(H,18,19). The molecule has 0 bridgehead atoms. The van der Waals surface area contributed by atoms with Crippen LogP contribution in [0.15, 0.2) is 18.2 Å². The molecule has 2 rings (SSSR count). The van der Waals surface area contributed by atoms with Gasteiger partial charge in [0, 0.05) is 0 Å². The molecule has 2 nitrogen and oxygen atoms in total. The minimum Gasteiger partial charge on any atom is -0.339 e. The van der Waals surface area contributed by atoms with Crippen molar-refractivity contribution in [1.82, 2.24) is 5.32 Å². The normalized spacial score (nSPS) is 20.1. The Labute approximate surface area is 113 Å². The molecular weight excluding hydrogens is 308 g/mol. The van der Waals surface area contributed by atoms with E-state index in [0.717, 1.165) is 11.8 Å². The third-order valence-electron chi connectivity index (χ3n) is 2.59. The van der Waals surface area contributed by atoms with Crippen molar-refractivity contribution in [3.05, 3.63) is 34.9 Å². The summed E-state index contributed by atoms with van der Waals surface area (Å²) < 4.78 is 75.8. The van der Waals surface area contributed by atoms with E-state index in [9.17, 15) is 31.1 Å². The van der Waals surface area contributed by atoms with Crippen LogP contribution in [0.5, 0.6) is 0 Å². The first-order valence-corrected chi connectivity index (χ1v) is 6.32. The molecule has 20 heavy (non-hydrogen) atoms. The lowest BCUT2D eigenvalue weighted by Gasteiger charge is -2.17. The molecule has 1 N–H and O–H groups in total. The molecule has 1 atom stereocenters. The molecule has 1 fully saturated rings. The number of alkyl halides is 6. The van der Waals surface area contributed by atoms with Crippen LogP contribution in [-0.2, 0) is 17.1 Å². The van der Waals surface area contributed by atoms with Crippen molar-refractivity contribution in [2.75, 3.05) is 5.75 Å². The largest absolute Gasteiger partial charge is 0.416 e. The predicted molar refractivity (Wildman–Crippen MR) is 59.8 cm³/mol. The van der Waals surface area contributed by atoms with Crippen LogP contribution < -0.4 is 5.32 Å². The number of hydrogen-bond donors (Lipinski definition) is 1. The van der Waals surface area contributed by atoms with Crippen molar-refractivity contribution in [2.45, 2.75) is 17.7 Å². The average Bonchev–Trinajstić information content (AvgIpc) is 2.73. The lowest BCUT2D eigenvalue weighted by Crippen LogP contribution is -2.20. The van der Waals surface area contributed by atoms with E-state index in [1.807, 2.05) is 0 Å². The third kappa shape index (κ3) is 3.20. The van der Waals surface area contributed by atoms with E-state index in [0.29, 0.717) is 12.1 Å². The first-order valence-electron chi connectivity index (χ1n) is 5.28. The summed E-state index contributed by atoms with van der Waals surface area (Å²) in [5, 5.41) is 1.42. The second-order valence-electron chi connectivity index (χ2n) is 4.10. The molecule has 1 saturated heterocycles. The lowest BCUT2D eigenvalue weighted by atomic mass is 10.0. The van der Waals surface area contributed by atoms with Crippen LogP contribution in [0.1, 0.15) is 22.1 Å². The number of nitrogens with one attached hydrogen (secondary N) is 1. The average molecular weight is 315 g/mol. The number of rotatable bonds is 1. The van der Waals surface area contributed by atoms with Gasteiger partial charge in [0.25, 0.3) is 0 Å². The topological polar surface area (TPSA) is 29.1 Å². The summed E-state index contributed by atoms with van der Waals surface area (Å²) in [5.74, 6) is -0.423. The minimum absolute atomic E-state index is 0.00225. The minimum atomic E-state index is -4.89. The van der Waals surface area contributed by atoms with Crippen LogP contribution in [0.3, 0.4) is 0 Å². The SMILES string of the molecule is O=C1CSC(c2cc(C(F)(F)F)cc(C(F)(F)F)c2)N1. The fourth-order valence-corrected chi connectivity index (χ4v) is 2.64. The van der Waals surface area contributed by atoms with Gasteiger partial charge in [-0.2, -0.15) is 26.3 Å². The van der Waals surface area contributed by atoms with Crippen molar-refractivity contribution in [3.8, 4) is 0 Å². The summed E-state index contributed by atoms with van der Waals surface area (Å²) in [6.07, 6.45) is -9.77. The maximum absolute atomic E-state index is 12.6. The Morgan fingerprint density at radius 3 is 1.85 bits per heavy atom. The van der Waals surface area contributed by atoms with Crippen molar-refractivity contribution in [1.29, 1.82) is 0 Å². The molecule has 1 amide bonds. The van der Waals surface area contributed by atoms with Gasteiger partial charge in [-0.05, 0) is 23.8 Å². The number of amides is 1. The molecule has 1 aromatic carbocycles. The Hall–Kier alpha value is -1.38. The third-order valence-corrected chi connectivity index (χ3v) is 3.74. The van der Waals surface area contributed by atoms with Crippen LogP contribution in [0.2, 0.25) is 0 Å². The van der Waals surface area contributed by atoms with Gasteiger partial charge in [-0.3, -0.25) is 4.79 Å². The Balaban J connectivity index is 2.49. The van der Waals surface area contributed by atoms with Crippen LogP contribution in [0.25, 0.3) is 0 Å². The molecule has 9 heteroatoms. The van der Waals surface area contributed by atoms with E-state index in [1.165, 1.54) is 0 Å². The van der Waals surface area contributed by atoms with Gasteiger partial charge in [0.15, 0.2) is 0 Å². The Kier molecular flexibility index (Phi) is 3.66. The molecular formula is C11H7F6NOS. The van der Waals surface area contributed by atoms with E-state index >= 15 is 0 Å². The van der Waals surface area contributed by atoms with Crippen LogP contribution in [0, 0.1) is 0 Å². The molecule has 1 heterocycles. The monoisotopic (exact) mass is 315 g/mol. The summed E-state index contributed by atoms with van der Waals surface area (Å²) in [7, 11) is 0. The van der Waals surface area contributed by atoms with Crippen molar-refractivity contribution < 1.29 is 31.1 Å². The summed E-state index contributed by atoms with van der Waals surface area (Å²) in [5.41, 5.74) is -2.99. The van der Waals surface area contributed by atoms with Gasteiger partial charge in [-0.15, -0.1) is 11.8 Å². The van der Waals surface area contributed by atoms with Gasteiger partial charge in [-0.25, -0.2) is 0 Å². The van der Waals surface area contributed by atoms with Crippen molar-refractivity contribution in [3.63, 3.8) is 0 Å². The molecule has 0 spiro atoms. The second-order valence-corrected chi connectivity index (χ2v) is 5.19. The summed E-state index contributed by atoms with van der Waals surface area (Å²) in [6, 6.07) is 1.31. The number of benzene rings is 1. The molecule has 1 unspecified atom stereocenters. The first kappa shape index (κ1) is 15.0. The van der Waals surface area contributed by atoms with E-state index in [-0.39, 0.29) is 17.4 Å². The van der Waals surface area contributed by atoms with Crippen molar-refractivity contribution in [2.24, 2.45) is 0 Å². The van der Waals surface area contributed by atoms with Gasteiger partial charge >= 0.3 is 12.4 Å². The fraction of sp³-hybridized carbons (Fsp3) is 0.364. The predicted octanol–water partition coefficient (Wildman–Crippen LogP) is 3.59. The van der Waals surface area contributed by atoms with E-state index in [1.54, 1.807) is 0 Å². The molecule has 110 valence electrons. The molecule has 0 aliphatic carbocycles. The van der Waals surface area contributed by atoms with Gasteiger partial charge in [0.1, 0.15) is 5.37 Å². The molecule has 1 aromatic rings. The molecule has 1 aliphatic rings. The molecule has 1 aliphatic heterocycles. The van der Waals surface area contributed by atoms with Gasteiger partial charge < -0.3 is 5.32 Å². The van der Waals surface area contributed by atoms with Gasteiger partial charge in [-0.1, -0.05) is 0 Å². The number of carbonyl (C=O) groups excluding carboxylic acids is 1. The van der Waals surface area contributed by atoms with E-state index < -0.39 is 34.8 Å². The quantitative estimate of drug-likeness (QED) is 0.803. The maximum atomic E-state index is 12.6. The van der Waals surface area contributed by atoms with Crippen LogP contribution in [0.4, 0.5) is 26.3 Å². The number of thioether (sulfide) groups is 1.